The van der Waals surface area contributed by atoms with Gasteiger partial charge in [-0.05, 0) is 81.5 Å². The SMILES string of the molecule is CC(C)(C)NS(=O)(=O)c1ccc(-c2cc(C(=O)N[C@H]3C[C@H](C(=O)O)C3)nn2CC2CCCCC2)cc1C(C)(C)C. The minimum Gasteiger partial charge on any atom is -0.481 e. The molecule has 2 aromatic rings. The Morgan fingerprint density at radius 3 is 2.25 bits per heavy atom. The topological polar surface area (TPSA) is 130 Å². The van der Waals surface area contributed by atoms with E-state index < -0.39 is 32.9 Å². The van der Waals surface area contributed by atoms with Gasteiger partial charge in [0, 0.05) is 23.7 Å². The summed E-state index contributed by atoms with van der Waals surface area (Å²) in [5, 5.41) is 16.8. The van der Waals surface area contributed by atoms with Gasteiger partial charge >= 0.3 is 5.97 Å². The average Bonchev–Trinajstić information content (AvgIpc) is 3.22. The van der Waals surface area contributed by atoms with Gasteiger partial charge in [0.2, 0.25) is 10.0 Å². The minimum absolute atomic E-state index is 0.173. The van der Waals surface area contributed by atoms with Crippen molar-refractivity contribution in [2.75, 3.05) is 0 Å². The Hall–Kier alpha value is -2.72. The first-order valence-corrected chi connectivity index (χ1v) is 15.8. The summed E-state index contributed by atoms with van der Waals surface area (Å²) in [6.45, 7) is 12.1. The third-order valence-electron chi connectivity index (χ3n) is 7.80. The van der Waals surface area contributed by atoms with Crippen LogP contribution in [0.25, 0.3) is 11.3 Å². The molecule has 40 heavy (non-hydrogen) atoms. The molecule has 0 radical (unpaired) electrons. The summed E-state index contributed by atoms with van der Waals surface area (Å²) in [5.41, 5.74) is 1.46. The lowest BCUT2D eigenvalue weighted by molar-refractivity contribution is -0.145. The molecule has 10 heteroatoms. The Labute approximate surface area is 238 Å². The lowest BCUT2D eigenvalue weighted by Crippen LogP contribution is -2.46. The number of aromatic nitrogens is 2. The van der Waals surface area contributed by atoms with Crippen LogP contribution in [-0.2, 0) is 26.8 Å². The molecule has 1 aromatic carbocycles. The van der Waals surface area contributed by atoms with Crippen LogP contribution < -0.4 is 10.0 Å². The van der Waals surface area contributed by atoms with E-state index in [4.69, 9.17) is 10.2 Å². The van der Waals surface area contributed by atoms with E-state index >= 15 is 0 Å². The van der Waals surface area contributed by atoms with Crippen molar-refractivity contribution in [1.29, 1.82) is 0 Å². The molecule has 4 rings (SSSR count). The fraction of sp³-hybridized carbons (Fsp3) is 0.633. The number of hydrogen-bond acceptors (Lipinski definition) is 5. The molecule has 1 aromatic heterocycles. The van der Waals surface area contributed by atoms with Crippen LogP contribution in [0.3, 0.4) is 0 Å². The fourth-order valence-electron chi connectivity index (χ4n) is 5.68. The van der Waals surface area contributed by atoms with Gasteiger partial charge in [0.25, 0.3) is 5.91 Å². The van der Waals surface area contributed by atoms with Gasteiger partial charge in [-0.2, -0.15) is 5.10 Å². The van der Waals surface area contributed by atoms with Crippen molar-refractivity contribution < 1.29 is 23.1 Å². The average molecular weight is 573 g/mol. The van der Waals surface area contributed by atoms with Gasteiger partial charge in [0.1, 0.15) is 0 Å². The van der Waals surface area contributed by atoms with E-state index in [0.29, 0.717) is 30.9 Å². The monoisotopic (exact) mass is 572 g/mol. The van der Waals surface area contributed by atoms with E-state index in [-0.39, 0.29) is 22.5 Å². The first kappa shape index (κ1) is 30.2. The molecule has 0 atom stereocenters. The second kappa shape index (κ2) is 11.3. The third-order valence-corrected chi connectivity index (χ3v) is 9.62. The number of nitrogens with zero attached hydrogens (tertiary/aromatic N) is 2. The summed E-state index contributed by atoms with van der Waals surface area (Å²) in [7, 11) is -3.77. The molecular weight excluding hydrogens is 528 g/mol. The highest BCUT2D eigenvalue weighted by molar-refractivity contribution is 7.89. The van der Waals surface area contributed by atoms with Crippen LogP contribution in [-0.4, -0.2) is 46.8 Å². The number of sulfonamides is 1. The molecule has 9 nitrogen and oxygen atoms in total. The van der Waals surface area contributed by atoms with Crippen LogP contribution in [0.4, 0.5) is 0 Å². The van der Waals surface area contributed by atoms with Gasteiger partial charge in [-0.25, -0.2) is 13.1 Å². The lowest BCUT2D eigenvalue weighted by Gasteiger charge is -2.32. The van der Waals surface area contributed by atoms with Crippen molar-refractivity contribution >= 4 is 21.9 Å². The number of carboxylic acid groups (broad SMARTS) is 1. The number of carbonyl (C=O) groups is 2. The van der Waals surface area contributed by atoms with Crippen molar-refractivity contribution in [2.45, 2.75) is 115 Å². The largest absolute Gasteiger partial charge is 0.481 e. The molecule has 2 aliphatic rings. The lowest BCUT2D eigenvalue weighted by atomic mass is 9.80. The van der Waals surface area contributed by atoms with Gasteiger partial charge in [-0.15, -0.1) is 0 Å². The molecule has 0 unspecified atom stereocenters. The summed E-state index contributed by atoms with van der Waals surface area (Å²) >= 11 is 0. The first-order chi connectivity index (χ1) is 18.5. The minimum atomic E-state index is -3.77. The molecule has 1 heterocycles. The zero-order chi connectivity index (χ0) is 29.5. The summed E-state index contributed by atoms with van der Waals surface area (Å²) in [4.78, 5) is 24.5. The molecule has 2 saturated carbocycles. The third kappa shape index (κ3) is 7.13. The predicted molar refractivity (Wildman–Crippen MR) is 155 cm³/mol. The summed E-state index contributed by atoms with van der Waals surface area (Å²) in [6, 6.07) is 6.97. The highest BCUT2D eigenvalue weighted by Gasteiger charge is 2.36. The molecule has 220 valence electrons. The maximum Gasteiger partial charge on any atom is 0.306 e. The van der Waals surface area contributed by atoms with Gasteiger partial charge in [-0.3, -0.25) is 14.3 Å². The fourth-order valence-corrected chi connectivity index (χ4v) is 7.50. The summed E-state index contributed by atoms with van der Waals surface area (Å²) in [6.07, 6.45) is 6.67. The zero-order valence-electron chi connectivity index (χ0n) is 24.6. The molecule has 3 N–H and O–H groups in total. The second-order valence-electron chi connectivity index (χ2n) is 13.6. The standard InChI is InChI=1S/C30H44N4O5S/c1-29(2,3)23-16-20(12-13-26(23)40(38,39)33-30(4,5)6)25-17-24(27(35)31-22-14-21(15-22)28(36)37)32-34(25)18-19-10-8-7-9-11-19/h12-13,16-17,19,21-22,33H,7-11,14-15,18H2,1-6H3,(H,31,35)(H,36,37)/t21-,22-. The van der Waals surface area contributed by atoms with E-state index in [1.807, 2.05) is 52.3 Å². The maximum atomic E-state index is 13.4. The normalized spacial score (nSPS) is 20.6. The van der Waals surface area contributed by atoms with Gasteiger partial charge in [0.15, 0.2) is 5.69 Å². The van der Waals surface area contributed by atoms with Crippen LogP contribution in [0.2, 0.25) is 0 Å². The Kier molecular flexibility index (Phi) is 8.53. The van der Waals surface area contributed by atoms with Crippen LogP contribution in [0.15, 0.2) is 29.2 Å². The van der Waals surface area contributed by atoms with E-state index in [2.05, 4.69) is 10.0 Å². The maximum absolute atomic E-state index is 13.4. The molecule has 2 aliphatic carbocycles. The highest BCUT2D eigenvalue weighted by Crippen LogP contribution is 2.35. The van der Waals surface area contributed by atoms with Gasteiger partial charge in [0.05, 0.1) is 16.5 Å². The van der Waals surface area contributed by atoms with E-state index in [0.717, 1.165) is 24.1 Å². The second-order valence-corrected chi connectivity index (χ2v) is 15.2. The first-order valence-electron chi connectivity index (χ1n) is 14.3. The van der Waals surface area contributed by atoms with Crippen molar-refractivity contribution in [3.8, 4) is 11.3 Å². The quantitative estimate of drug-likeness (QED) is 0.404. The van der Waals surface area contributed by atoms with Crippen LogP contribution in [0.5, 0.6) is 0 Å². The van der Waals surface area contributed by atoms with Crippen LogP contribution in [0, 0.1) is 11.8 Å². The molecule has 0 spiro atoms. The van der Waals surface area contributed by atoms with Crippen molar-refractivity contribution in [3.05, 3.63) is 35.5 Å². The number of benzene rings is 1. The number of nitrogens with one attached hydrogen (secondary N) is 2. The van der Waals surface area contributed by atoms with Crippen LogP contribution >= 0.6 is 0 Å². The van der Waals surface area contributed by atoms with E-state index in [9.17, 15) is 18.0 Å². The van der Waals surface area contributed by atoms with E-state index in [1.54, 1.807) is 18.2 Å². The van der Waals surface area contributed by atoms with Crippen LogP contribution in [0.1, 0.15) is 103 Å². The smallest absolute Gasteiger partial charge is 0.306 e. The number of amides is 1. The molecule has 0 aliphatic heterocycles. The Balaban J connectivity index is 1.71. The number of carboxylic acids is 1. The van der Waals surface area contributed by atoms with E-state index in [1.165, 1.54) is 19.3 Å². The molecule has 0 saturated heterocycles. The number of hydrogen-bond donors (Lipinski definition) is 3. The zero-order valence-corrected chi connectivity index (χ0v) is 25.4. The molecular formula is C30H44N4O5S. The van der Waals surface area contributed by atoms with Gasteiger partial charge in [-0.1, -0.05) is 46.1 Å². The van der Waals surface area contributed by atoms with Crippen molar-refractivity contribution in [3.63, 3.8) is 0 Å². The summed E-state index contributed by atoms with van der Waals surface area (Å²) < 4.78 is 31.4. The summed E-state index contributed by atoms with van der Waals surface area (Å²) in [5.74, 6) is -1.10. The Morgan fingerprint density at radius 2 is 1.68 bits per heavy atom. The highest BCUT2D eigenvalue weighted by atomic mass is 32.2. The number of aliphatic carboxylic acids is 1. The number of carbonyl (C=O) groups excluding carboxylic acids is 1. The molecule has 1 amide bonds. The molecule has 2 fully saturated rings. The molecule has 0 bridgehead atoms. The predicted octanol–water partition coefficient (Wildman–Crippen LogP) is 5.10. The number of rotatable bonds is 8. The Bertz CT molecular complexity index is 1360. The van der Waals surface area contributed by atoms with Gasteiger partial charge < -0.3 is 10.4 Å². The van der Waals surface area contributed by atoms with Crippen molar-refractivity contribution in [1.82, 2.24) is 19.8 Å². The van der Waals surface area contributed by atoms with Crippen molar-refractivity contribution in [2.24, 2.45) is 11.8 Å². The Morgan fingerprint density at radius 1 is 1.02 bits per heavy atom.